The minimum absolute atomic E-state index is 0.312. The zero-order valence-corrected chi connectivity index (χ0v) is 12.2. The first-order valence-electron chi connectivity index (χ1n) is 5.63. The van der Waals surface area contributed by atoms with E-state index in [2.05, 4.69) is 21.2 Å². The predicted octanol–water partition coefficient (Wildman–Crippen LogP) is 3.35. The summed E-state index contributed by atoms with van der Waals surface area (Å²) in [5.74, 6) is -1.23. The molecule has 0 aromatic heterocycles. The van der Waals surface area contributed by atoms with Crippen LogP contribution in [-0.4, -0.2) is 18.1 Å². The van der Waals surface area contributed by atoms with E-state index >= 15 is 0 Å². The van der Waals surface area contributed by atoms with Crippen LogP contribution in [0.2, 0.25) is 0 Å². The molecule has 5 heteroatoms. The number of hydrogen-bond donors (Lipinski definition) is 2. The number of halogens is 2. The first-order valence-corrected chi connectivity index (χ1v) is 6.43. The fraction of sp³-hybridized carbons (Fsp3) is 0.462. The highest BCUT2D eigenvalue weighted by atomic mass is 79.9. The third-order valence-electron chi connectivity index (χ3n) is 2.98. The molecule has 1 unspecified atom stereocenters. The topological polar surface area (TPSA) is 49.3 Å². The second-order valence-corrected chi connectivity index (χ2v) is 5.82. The minimum atomic E-state index is -0.914. The van der Waals surface area contributed by atoms with E-state index in [4.69, 9.17) is 5.11 Å². The number of rotatable bonds is 5. The van der Waals surface area contributed by atoms with E-state index in [1.807, 2.05) is 0 Å². The summed E-state index contributed by atoms with van der Waals surface area (Å²) in [6.45, 7) is 3.27. The van der Waals surface area contributed by atoms with Crippen LogP contribution in [0.25, 0.3) is 0 Å². The van der Waals surface area contributed by atoms with E-state index in [-0.39, 0.29) is 11.9 Å². The van der Waals surface area contributed by atoms with Gasteiger partial charge in [0.2, 0.25) is 0 Å². The van der Waals surface area contributed by atoms with Crippen LogP contribution in [0.3, 0.4) is 0 Å². The summed E-state index contributed by atoms with van der Waals surface area (Å²) in [5, 5.41) is 12.1. The largest absolute Gasteiger partial charge is 0.481 e. The van der Waals surface area contributed by atoms with Gasteiger partial charge in [-0.15, -0.1) is 0 Å². The molecule has 1 rings (SSSR count). The molecule has 0 fully saturated rings. The molecule has 100 valence electrons. The van der Waals surface area contributed by atoms with Crippen molar-refractivity contribution in [2.45, 2.75) is 26.3 Å². The lowest BCUT2D eigenvalue weighted by atomic mass is 9.83. The molecule has 0 radical (unpaired) electrons. The Morgan fingerprint density at radius 2 is 2.17 bits per heavy atom. The zero-order chi connectivity index (χ0) is 13.9. The highest BCUT2D eigenvalue weighted by molar-refractivity contribution is 9.10. The molecule has 0 saturated carbocycles. The Balaban J connectivity index is 3.03. The first kappa shape index (κ1) is 15.1. The van der Waals surface area contributed by atoms with Crippen LogP contribution in [0.1, 0.15) is 31.9 Å². The Hall–Kier alpha value is -0.940. The maximum atomic E-state index is 13.8. The Morgan fingerprint density at radius 3 is 2.67 bits per heavy atom. The Labute approximate surface area is 115 Å². The summed E-state index contributed by atoms with van der Waals surface area (Å²) in [4.78, 5) is 11.1. The summed E-state index contributed by atoms with van der Waals surface area (Å²) < 4.78 is 14.5. The molecule has 0 aliphatic rings. The van der Waals surface area contributed by atoms with E-state index in [0.29, 0.717) is 12.0 Å². The highest BCUT2D eigenvalue weighted by Gasteiger charge is 2.31. The molecule has 0 amide bonds. The van der Waals surface area contributed by atoms with Crippen molar-refractivity contribution in [3.8, 4) is 0 Å². The van der Waals surface area contributed by atoms with E-state index in [9.17, 15) is 9.18 Å². The summed E-state index contributed by atoms with van der Waals surface area (Å²) in [7, 11) is 1.70. The summed E-state index contributed by atoms with van der Waals surface area (Å²) in [5.41, 5.74) is -0.441. The third kappa shape index (κ3) is 3.53. The lowest BCUT2D eigenvalue weighted by molar-refractivity contribution is -0.147. The van der Waals surface area contributed by atoms with E-state index < -0.39 is 11.4 Å². The minimum Gasteiger partial charge on any atom is -0.481 e. The van der Waals surface area contributed by atoms with Gasteiger partial charge in [-0.3, -0.25) is 4.79 Å². The number of carboxylic acids is 1. The molecule has 0 saturated heterocycles. The van der Waals surface area contributed by atoms with Crippen LogP contribution in [0.4, 0.5) is 4.39 Å². The standard InChI is InChI=1S/C13H17BrFNO2/c1-13(2,12(17)18)7-11(16-3)9-6-8(14)4-5-10(9)15/h4-6,11,16H,7H2,1-3H3,(H,17,18). The number of nitrogens with one attached hydrogen (secondary N) is 1. The molecule has 0 aliphatic heterocycles. The normalized spacial score (nSPS) is 13.4. The van der Waals surface area contributed by atoms with E-state index in [1.54, 1.807) is 33.0 Å². The predicted molar refractivity (Wildman–Crippen MR) is 71.9 cm³/mol. The molecule has 0 bridgehead atoms. The van der Waals surface area contributed by atoms with Crippen molar-refractivity contribution in [3.63, 3.8) is 0 Å². The summed E-state index contributed by atoms with van der Waals surface area (Å²) >= 11 is 3.29. The number of aliphatic carboxylic acids is 1. The summed E-state index contributed by atoms with van der Waals surface area (Å²) in [6.07, 6.45) is 0.312. The van der Waals surface area contributed by atoms with Crippen molar-refractivity contribution in [2.75, 3.05) is 7.05 Å². The van der Waals surface area contributed by atoms with Gasteiger partial charge in [0, 0.05) is 16.1 Å². The average molecular weight is 318 g/mol. The van der Waals surface area contributed by atoms with Crippen LogP contribution in [0.15, 0.2) is 22.7 Å². The van der Waals surface area contributed by atoms with Crippen LogP contribution >= 0.6 is 15.9 Å². The number of carboxylic acid groups (broad SMARTS) is 1. The van der Waals surface area contributed by atoms with Gasteiger partial charge in [-0.05, 0) is 45.5 Å². The van der Waals surface area contributed by atoms with Crippen LogP contribution in [-0.2, 0) is 4.79 Å². The fourth-order valence-corrected chi connectivity index (χ4v) is 2.13. The molecule has 0 spiro atoms. The maximum absolute atomic E-state index is 13.8. The lowest BCUT2D eigenvalue weighted by Crippen LogP contribution is -2.30. The molecular formula is C13H17BrFNO2. The lowest BCUT2D eigenvalue weighted by Gasteiger charge is -2.26. The SMILES string of the molecule is CNC(CC(C)(C)C(=O)O)c1cc(Br)ccc1F. The van der Waals surface area contributed by atoms with Crippen LogP contribution < -0.4 is 5.32 Å². The van der Waals surface area contributed by atoms with E-state index in [0.717, 1.165) is 4.47 Å². The number of benzene rings is 1. The fourth-order valence-electron chi connectivity index (χ4n) is 1.75. The van der Waals surface area contributed by atoms with Crippen molar-refractivity contribution < 1.29 is 14.3 Å². The third-order valence-corrected chi connectivity index (χ3v) is 3.47. The van der Waals surface area contributed by atoms with Gasteiger partial charge in [-0.2, -0.15) is 0 Å². The molecule has 18 heavy (non-hydrogen) atoms. The Kier molecular flexibility index (Phi) is 4.87. The molecule has 1 atom stereocenters. The zero-order valence-electron chi connectivity index (χ0n) is 10.6. The van der Waals surface area contributed by atoms with Crippen molar-refractivity contribution in [3.05, 3.63) is 34.1 Å². The molecule has 0 aliphatic carbocycles. The van der Waals surface area contributed by atoms with Gasteiger partial charge in [0.15, 0.2) is 0 Å². The average Bonchev–Trinajstić information content (AvgIpc) is 2.29. The van der Waals surface area contributed by atoms with Crippen LogP contribution in [0, 0.1) is 11.2 Å². The van der Waals surface area contributed by atoms with Gasteiger partial charge in [0.25, 0.3) is 0 Å². The van der Waals surface area contributed by atoms with Gasteiger partial charge < -0.3 is 10.4 Å². The van der Waals surface area contributed by atoms with Gasteiger partial charge in [-0.25, -0.2) is 4.39 Å². The van der Waals surface area contributed by atoms with Gasteiger partial charge in [0.05, 0.1) is 5.41 Å². The number of hydrogen-bond acceptors (Lipinski definition) is 2. The van der Waals surface area contributed by atoms with Crippen molar-refractivity contribution in [1.82, 2.24) is 5.32 Å². The summed E-state index contributed by atoms with van der Waals surface area (Å²) in [6, 6.07) is 4.33. The second kappa shape index (κ2) is 5.80. The van der Waals surface area contributed by atoms with Gasteiger partial charge in [-0.1, -0.05) is 15.9 Å². The smallest absolute Gasteiger partial charge is 0.309 e. The van der Waals surface area contributed by atoms with Crippen molar-refractivity contribution in [2.24, 2.45) is 5.41 Å². The van der Waals surface area contributed by atoms with Crippen molar-refractivity contribution >= 4 is 21.9 Å². The molecular weight excluding hydrogens is 301 g/mol. The van der Waals surface area contributed by atoms with Gasteiger partial charge >= 0.3 is 5.97 Å². The maximum Gasteiger partial charge on any atom is 0.309 e. The Morgan fingerprint density at radius 1 is 1.56 bits per heavy atom. The highest BCUT2D eigenvalue weighted by Crippen LogP contribution is 2.32. The number of carbonyl (C=O) groups is 1. The molecule has 1 aromatic rings. The van der Waals surface area contributed by atoms with E-state index in [1.165, 1.54) is 6.07 Å². The molecule has 3 nitrogen and oxygen atoms in total. The van der Waals surface area contributed by atoms with Gasteiger partial charge in [0.1, 0.15) is 5.82 Å². The second-order valence-electron chi connectivity index (χ2n) is 4.90. The molecule has 1 aromatic carbocycles. The Bertz CT molecular complexity index is 449. The van der Waals surface area contributed by atoms with Crippen molar-refractivity contribution in [1.29, 1.82) is 0 Å². The quantitative estimate of drug-likeness (QED) is 0.875. The molecule has 2 N–H and O–H groups in total. The molecule has 0 heterocycles. The van der Waals surface area contributed by atoms with Crippen LogP contribution in [0.5, 0.6) is 0 Å². The first-order chi connectivity index (χ1) is 8.27. The monoisotopic (exact) mass is 317 g/mol.